The van der Waals surface area contributed by atoms with Crippen LogP contribution in [0.15, 0.2) is 66.7 Å². The molecule has 0 atom stereocenters. The third-order valence-corrected chi connectivity index (χ3v) is 5.63. The summed E-state index contributed by atoms with van der Waals surface area (Å²) in [6, 6.07) is 16.9. The van der Waals surface area contributed by atoms with Crippen molar-refractivity contribution in [3.63, 3.8) is 0 Å². The number of nitrogens with zero attached hydrogens (tertiary/aromatic N) is 1. The van der Waals surface area contributed by atoms with Crippen LogP contribution in [0.25, 0.3) is 22.0 Å². The normalized spacial score (nSPS) is 11.8. The first-order valence-electron chi connectivity index (χ1n) is 9.88. The molecule has 9 heteroatoms. The van der Waals surface area contributed by atoms with Crippen LogP contribution in [0.5, 0.6) is 0 Å². The number of aromatic nitrogens is 1. The largest absolute Gasteiger partial charge is 0.477 e. The van der Waals surface area contributed by atoms with Gasteiger partial charge in [-0.1, -0.05) is 55.3 Å². The van der Waals surface area contributed by atoms with Crippen LogP contribution in [0.2, 0.25) is 0 Å². The molecule has 0 aliphatic rings. The maximum absolute atomic E-state index is 13.6. The van der Waals surface area contributed by atoms with Crippen LogP contribution in [0.1, 0.15) is 27.2 Å². The lowest BCUT2D eigenvalue weighted by Crippen LogP contribution is -2.14. The smallest absolute Gasteiger partial charge is 0.416 e. The molecule has 0 saturated heterocycles. The zero-order chi connectivity index (χ0) is 23.8. The molecule has 1 aromatic heterocycles. The SMILES string of the molecule is O=C(O)c1c(-c2ccccc2)c2ccc(CNCc3cc(F)cc(C(F)(F)F)c3)cc2n1S. The fourth-order valence-electron chi connectivity index (χ4n) is 3.79. The molecule has 1 heterocycles. The number of hydrogen-bond acceptors (Lipinski definition) is 3. The monoisotopic (exact) mass is 474 g/mol. The van der Waals surface area contributed by atoms with Gasteiger partial charge in [0.25, 0.3) is 0 Å². The van der Waals surface area contributed by atoms with Crippen molar-refractivity contribution < 1.29 is 27.5 Å². The molecule has 0 saturated carbocycles. The van der Waals surface area contributed by atoms with Crippen LogP contribution in [0, 0.1) is 5.82 Å². The van der Waals surface area contributed by atoms with Gasteiger partial charge >= 0.3 is 12.1 Å². The molecular formula is C24H18F4N2O2S. The van der Waals surface area contributed by atoms with Gasteiger partial charge in [-0.05, 0) is 41.0 Å². The Kier molecular flexibility index (Phi) is 6.18. The maximum Gasteiger partial charge on any atom is 0.416 e. The predicted molar refractivity (Wildman–Crippen MR) is 121 cm³/mol. The number of halogens is 4. The Hall–Kier alpha value is -3.30. The third-order valence-electron chi connectivity index (χ3n) is 5.22. The molecule has 170 valence electrons. The van der Waals surface area contributed by atoms with Crippen molar-refractivity contribution in [2.75, 3.05) is 0 Å². The number of carbonyl (C=O) groups is 1. The van der Waals surface area contributed by atoms with Gasteiger partial charge in [0.05, 0.1) is 11.1 Å². The molecular weight excluding hydrogens is 456 g/mol. The number of carboxylic acids is 1. The molecule has 2 N–H and O–H groups in total. The molecule has 0 aliphatic carbocycles. The first-order valence-corrected chi connectivity index (χ1v) is 10.3. The van der Waals surface area contributed by atoms with Crippen molar-refractivity contribution in [1.82, 2.24) is 9.29 Å². The standard InChI is InChI=1S/C24H18F4N2O2S/c25-18-9-15(8-17(11-18)24(26,27)28)13-29-12-14-6-7-19-20(10-14)30(33)22(23(31)32)21(19)16-4-2-1-3-5-16/h1-11,29,33H,12-13H2,(H,31,32). The van der Waals surface area contributed by atoms with Gasteiger partial charge in [-0.3, -0.25) is 3.97 Å². The summed E-state index contributed by atoms with van der Waals surface area (Å²) in [5, 5.41) is 13.5. The quantitative estimate of drug-likeness (QED) is 0.232. The molecule has 0 fully saturated rings. The number of benzene rings is 3. The molecule has 3 aromatic carbocycles. The van der Waals surface area contributed by atoms with Crippen LogP contribution < -0.4 is 5.32 Å². The van der Waals surface area contributed by atoms with Crippen molar-refractivity contribution >= 4 is 29.7 Å². The minimum atomic E-state index is -4.63. The summed E-state index contributed by atoms with van der Waals surface area (Å²) in [5.41, 5.74) is 1.79. The molecule has 33 heavy (non-hydrogen) atoms. The van der Waals surface area contributed by atoms with E-state index in [0.29, 0.717) is 22.5 Å². The summed E-state index contributed by atoms with van der Waals surface area (Å²) < 4.78 is 53.6. The van der Waals surface area contributed by atoms with Gasteiger partial charge in [-0.15, -0.1) is 0 Å². The summed E-state index contributed by atoms with van der Waals surface area (Å²) in [5.74, 6) is -2.07. The predicted octanol–water partition coefficient (Wildman–Crippen LogP) is 6.15. The van der Waals surface area contributed by atoms with Crippen LogP contribution in [-0.2, 0) is 19.3 Å². The fraction of sp³-hybridized carbons (Fsp3) is 0.125. The Morgan fingerprint density at radius 3 is 2.33 bits per heavy atom. The van der Waals surface area contributed by atoms with E-state index in [2.05, 4.69) is 18.1 Å². The van der Waals surface area contributed by atoms with E-state index in [1.54, 1.807) is 18.2 Å². The molecule has 0 spiro atoms. The van der Waals surface area contributed by atoms with E-state index < -0.39 is 23.5 Å². The van der Waals surface area contributed by atoms with E-state index in [4.69, 9.17) is 0 Å². The van der Waals surface area contributed by atoms with Crippen molar-refractivity contribution in [3.05, 3.63) is 94.9 Å². The van der Waals surface area contributed by atoms with Gasteiger partial charge in [0.1, 0.15) is 11.5 Å². The number of rotatable bonds is 6. The zero-order valence-electron chi connectivity index (χ0n) is 17.0. The van der Waals surface area contributed by atoms with Gasteiger partial charge < -0.3 is 10.4 Å². The van der Waals surface area contributed by atoms with Gasteiger partial charge in [0, 0.05) is 24.0 Å². The lowest BCUT2D eigenvalue weighted by atomic mass is 10.0. The first-order chi connectivity index (χ1) is 15.6. The van der Waals surface area contributed by atoms with Crippen LogP contribution >= 0.6 is 12.8 Å². The Balaban J connectivity index is 1.60. The lowest BCUT2D eigenvalue weighted by molar-refractivity contribution is -0.137. The zero-order valence-corrected chi connectivity index (χ0v) is 17.9. The highest BCUT2D eigenvalue weighted by Crippen LogP contribution is 2.36. The van der Waals surface area contributed by atoms with Crippen molar-refractivity contribution in [2.24, 2.45) is 0 Å². The van der Waals surface area contributed by atoms with Crippen molar-refractivity contribution in [3.8, 4) is 11.1 Å². The molecule has 4 aromatic rings. The minimum Gasteiger partial charge on any atom is -0.477 e. The molecule has 0 aliphatic heterocycles. The van der Waals surface area contributed by atoms with Gasteiger partial charge in [-0.2, -0.15) is 13.2 Å². The number of aromatic carboxylic acids is 1. The van der Waals surface area contributed by atoms with E-state index in [1.807, 2.05) is 30.3 Å². The lowest BCUT2D eigenvalue weighted by Gasteiger charge is -2.10. The van der Waals surface area contributed by atoms with E-state index >= 15 is 0 Å². The average Bonchev–Trinajstić information content (AvgIpc) is 3.06. The molecule has 0 bridgehead atoms. The average molecular weight is 474 g/mol. The minimum absolute atomic E-state index is 0.0242. The molecule has 0 unspecified atom stereocenters. The number of thiol groups is 1. The number of carboxylic acid groups (broad SMARTS) is 1. The van der Waals surface area contributed by atoms with Gasteiger partial charge in [0.15, 0.2) is 0 Å². The van der Waals surface area contributed by atoms with E-state index in [1.165, 1.54) is 3.97 Å². The van der Waals surface area contributed by atoms with Gasteiger partial charge in [0.2, 0.25) is 0 Å². The Morgan fingerprint density at radius 1 is 0.970 bits per heavy atom. The van der Waals surface area contributed by atoms with E-state index in [-0.39, 0.29) is 24.3 Å². The third kappa shape index (κ3) is 4.74. The van der Waals surface area contributed by atoms with Crippen molar-refractivity contribution in [2.45, 2.75) is 19.3 Å². The number of hydrogen-bond donors (Lipinski definition) is 3. The van der Waals surface area contributed by atoms with E-state index in [0.717, 1.165) is 23.3 Å². The molecule has 0 amide bonds. The van der Waals surface area contributed by atoms with Crippen LogP contribution in [-0.4, -0.2) is 15.0 Å². The second-order valence-electron chi connectivity index (χ2n) is 7.51. The van der Waals surface area contributed by atoms with Crippen LogP contribution in [0.3, 0.4) is 0 Å². The summed E-state index contributed by atoms with van der Waals surface area (Å²) in [6.45, 7) is 0.298. The maximum atomic E-state index is 13.6. The fourth-order valence-corrected chi connectivity index (χ4v) is 4.14. The summed E-state index contributed by atoms with van der Waals surface area (Å²) in [6.07, 6.45) is -4.63. The van der Waals surface area contributed by atoms with Gasteiger partial charge in [-0.25, -0.2) is 9.18 Å². The molecule has 4 rings (SSSR count). The highest BCUT2D eigenvalue weighted by atomic mass is 32.1. The highest BCUT2D eigenvalue weighted by Gasteiger charge is 2.31. The highest BCUT2D eigenvalue weighted by molar-refractivity contribution is 7.78. The molecule has 4 nitrogen and oxygen atoms in total. The topological polar surface area (TPSA) is 54.3 Å². The van der Waals surface area contributed by atoms with Crippen molar-refractivity contribution in [1.29, 1.82) is 0 Å². The Morgan fingerprint density at radius 2 is 1.67 bits per heavy atom. The summed E-state index contributed by atoms with van der Waals surface area (Å²) in [7, 11) is 0. The Labute approximate surface area is 192 Å². The van der Waals surface area contributed by atoms with Crippen LogP contribution in [0.4, 0.5) is 17.6 Å². The number of nitrogens with one attached hydrogen (secondary N) is 1. The summed E-state index contributed by atoms with van der Waals surface area (Å²) >= 11 is 4.39. The second-order valence-corrected chi connectivity index (χ2v) is 7.91. The number of fused-ring (bicyclic) bond motifs is 1. The van der Waals surface area contributed by atoms with E-state index in [9.17, 15) is 27.5 Å². The second kappa shape index (κ2) is 8.92. The molecule has 0 radical (unpaired) electrons. The number of alkyl halides is 3. The first kappa shape index (κ1) is 22.9. The summed E-state index contributed by atoms with van der Waals surface area (Å²) in [4.78, 5) is 11.9. The Bertz CT molecular complexity index is 1330.